The van der Waals surface area contributed by atoms with Gasteiger partial charge in [0.25, 0.3) is 0 Å². The number of hydrogen-bond donors (Lipinski definition) is 1. The Labute approximate surface area is 132 Å². The van der Waals surface area contributed by atoms with E-state index in [1.54, 1.807) is 4.90 Å². The number of nitrogens with zero attached hydrogens (tertiary/aromatic N) is 2. The minimum Gasteiger partial charge on any atom is -0.481 e. The number of rotatable bonds is 2. The predicted octanol–water partition coefficient (Wildman–Crippen LogP) is 2.18. The number of carboxylic acids is 1. The molecule has 1 aliphatic carbocycles. The van der Waals surface area contributed by atoms with Gasteiger partial charge in [-0.05, 0) is 46.5 Å². The number of carbonyl (C=O) groups is 2. The average Bonchev–Trinajstić information content (AvgIpc) is 2.46. The third-order valence-corrected chi connectivity index (χ3v) is 4.53. The molecule has 0 atom stereocenters. The summed E-state index contributed by atoms with van der Waals surface area (Å²) in [5, 5.41) is 9.05. The molecule has 0 spiro atoms. The molecule has 0 aromatic rings. The lowest BCUT2D eigenvalue weighted by Gasteiger charge is -2.41. The minimum absolute atomic E-state index is 0.167. The number of ether oxygens (including phenoxy) is 1. The monoisotopic (exact) mass is 312 g/mol. The maximum absolute atomic E-state index is 12.0. The van der Waals surface area contributed by atoms with Gasteiger partial charge in [0.1, 0.15) is 5.60 Å². The first-order valence-electron chi connectivity index (χ1n) is 8.21. The maximum atomic E-state index is 12.0. The van der Waals surface area contributed by atoms with Crippen LogP contribution in [-0.2, 0) is 9.53 Å². The van der Waals surface area contributed by atoms with Gasteiger partial charge >= 0.3 is 12.1 Å². The number of aliphatic carboxylic acids is 1. The third kappa shape index (κ3) is 4.60. The fourth-order valence-electron chi connectivity index (χ4n) is 3.28. The average molecular weight is 312 g/mol. The highest BCUT2D eigenvalue weighted by atomic mass is 16.6. The zero-order valence-corrected chi connectivity index (χ0v) is 13.9. The molecular formula is C16H28N2O4. The summed E-state index contributed by atoms with van der Waals surface area (Å²) >= 11 is 0. The molecule has 6 nitrogen and oxygen atoms in total. The van der Waals surface area contributed by atoms with E-state index in [-0.39, 0.29) is 12.0 Å². The number of carboxylic acid groups (broad SMARTS) is 1. The molecule has 22 heavy (non-hydrogen) atoms. The van der Waals surface area contributed by atoms with Crippen LogP contribution in [0.1, 0.15) is 46.5 Å². The molecule has 1 saturated carbocycles. The van der Waals surface area contributed by atoms with Crippen LogP contribution in [0, 0.1) is 5.92 Å². The van der Waals surface area contributed by atoms with E-state index in [1.165, 1.54) is 0 Å². The Kier molecular flexibility index (Phi) is 5.32. The van der Waals surface area contributed by atoms with Crippen molar-refractivity contribution in [3.05, 3.63) is 0 Å². The largest absolute Gasteiger partial charge is 0.481 e. The predicted molar refractivity (Wildman–Crippen MR) is 82.8 cm³/mol. The van der Waals surface area contributed by atoms with E-state index in [1.807, 2.05) is 20.8 Å². The van der Waals surface area contributed by atoms with E-state index < -0.39 is 11.6 Å². The number of piperazine rings is 1. The Balaban J connectivity index is 1.76. The van der Waals surface area contributed by atoms with E-state index in [0.29, 0.717) is 19.1 Å². The minimum atomic E-state index is -0.659. The molecule has 1 aliphatic heterocycles. The van der Waals surface area contributed by atoms with Gasteiger partial charge in [0.15, 0.2) is 0 Å². The number of amides is 1. The summed E-state index contributed by atoms with van der Waals surface area (Å²) in [5.41, 5.74) is -0.455. The van der Waals surface area contributed by atoms with Gasteiger partial charge < -0.3 is 14.7 Å². The molecule has 1 amide bonds. The van der Waals surface area contributed by atoms with Crippen LogP contribution in [0.15, 0.2) is 0 Å². The van der Waals surface area contributed by atoms with Gasteiger partial charge in [-0.3, -0.25) is 9.69 Å². The van der Waals surface area contributed by atoms with E-state index >= 15 is 0 Å². The highest BCUT2D eigenvalue weighted by Crippen LogP contribution is 2.28. The van der Waals surface area contributed by atoms with Crippen LogP contribution in [0.3, 0.4) is 0 Å². The summed E-state index contributed by atoms with van der Waals surface area (Å²) in [6.07, 6.45) is 3.20. The second-order valence-electron chi connectivity index (χ2n) is 7.35. The van der Waals surface area contributed by atoms with Crippen LogP contribution in [0.25, 0.3) is 0 Å². The van der Waals surface area contributed by atoms with Crippen LogP contribution in [0.4, 0.5) is 4.79 Å². The van der Waals surface area contributed by atoms with E-state index in [2.05, 4.69) is 4.90 Å². The van der Waals surface area contributed by atoms with Gasteiger partial charge in [0, 0.05) is 32.2 Å². The standard InChI is InChI=1S/C16H28N2O4/c1-16(2,3)22-15(21)18-10-8-17(9-11-18)13-6-4-12(5-7-13)14(19)20/h12-13H,4-11H2,1-3H3,(H,19,20). The number of hydrogen-bond acceptors (Lipinski definition) is 4. The van der Waals surface area contributed by atoms with Gasteiger partial charge in [-0.15, -0.1) is 0 Å². The third-order valence-electron chi connectivity index (χ3n) is 4.53. The molecule has 0 aromatic heterocycles. The molecule has 0 aromatic carbocycles. The lowest BCUT2D eigenvalue weighted by molar-refractivity contribution is -0.143. The van der Waals surface area contributed by atoms with Crippen molar-refractivity contribution in [3.63, 3.8) is 0 Å². The van der Waals surface area contributed by atoms with Crippen molar-refractivity contribution in [1.82, 2.24) is 9.80 Å². The summed E-state index contributed by atoms with van der Waals surface area (Å²) in [4.78, 5) is 27.2. The van der Waals surface area contributed by atoms with E-state index in [4.69, 9.17) is 9.84 Å². The summed E-state index contributed by atoms with van der Waals surface area (Å²) in [7, 11) is 0. The molecule has 0 unspecified atom stereocenters. The van der Waals surface area contributed by atoms with Crippen molar-refractivity contribution in [1.29, 1.82) is 0 Å². The molecule has 1 heterocycles. The molecule has 2 fully saturated rings. The lowest BCUT2D eigenvalue weighted by atomic mass is 9.85. The molecular weight excluding hydrogens is 284 g/mol. The number of carbonyl (C=O) groups excluding carboxylic acids is 1. The lowest BCUT2D eigenvalue weighted by Crippen LogP contribution is -2.53. The Morgan fingerprint density at radius 3 is 2.00 bits per heavy atom. The summed E-state index contributed by atoms with van der Waals surface area (Å²) < 4.78 is 5.40. The zero-order chi connectivity index (χ0) is 16.3. The van der Waals surface area contributed by atoms with E-state index in [0.717, 1.165) is 38.8 Å². The molecule has 1 N–H and O–H groups in total. The Morgan fingerprint density at radius 1 is 1.00 bits per heavy atom. The molecule has 2 rings (SSSR count). The second-order valence-corrected chi connectivity index (χ2v) is 7.35. The Morgan fingerprint density at radius 2 is 1.55 bits per heavy atom. The van der Waals surface area contributed by atoms with Crippen molar-refractivity contribution >= 4 is 12.1 Å². The molecule has 0 radical (unpaired) electrons. The molecule has 0 bridgehead atoms. The first-order chi connectivity index (χ1) is 10.3. The maximum Gasteiger partial charge on any atom is 0.410 e. The van der Waals surface area contributed by atoms with Crippen molar-refractivity contribution in [2.75, 3.05) is 26.2 Å². The first-order valence-corrected chi connectivity index (χ1v) is 8.21. The molecule has 1 saturated heterocycles. The summed E-state index contributed by atoms with van der Waals surface area (Å²) in [5.74, 6) is -0.826. The second kappa shape index (κ2) is 6.86. The first kappa shape index (κ1) is 17.1. The van der Waals surface area contributed by atoms with Gasteiger partial charge in [0.2, 0.25) is 0 Å². The fraction of sp³-hybridized carbons (Fsp3) is 0.875. The van der Waals surface area contributed by atoms with Crippen molar-refractivity contribution in [2.45, 2.75) is 58.1 Å². The van der Waals surface area contributed by atoms with Crippen LogP contribution >= 0.6 is 0 Å². The SMILES string of the molecule is CC(C)(C)OC(=O)N1CCN(C2CCC(C(=O)O)CC2)CC1. The van der Waals surface area contributed by atoms with Gasteiger partial charge in [-0.25, -0.2) is 4.79 Å². The fourth-order valence-corrected chi connectivity index (χ4v) is 3.28. The molecule has 6 heteroatoms. The van der Waals surface area contributed by atoms with Crippen LogP contribution in [0.5, 0.6) is 0 Å². The van der Waals surface area contributed by atoms with Crippen molar-refractivity contribution in [2.24, 2.45) is 5.92 Å². The highest BCUT2D eigenvalue weighted by molar-refractivity contribution is 5.70. The Bertz CT molecular complexity index is 403. The Hall–Kier alpha value is -1.30. The highest BCUT2D eigenvalue weighted by Gasteiger charge is 2.32. The van der Waals surface area contributed by atoms with Crippen LogP contribution in [-0.4, -0.2) is 64.8 Å². The zero-order valence-electron chi connectivity index (χ0n) is 13.9. The van der Waals surface area contributed by atoms with E-state index in [9.17, 15) is 9.59 Å². The summed E-state index contributed by atoms with van der Waals surface area (Å²) in [6.45, 7) is 8.71. The van der Waals surface area contributed by atoms with Crippen LogP contribution < -0.4 is 0 Å². The van der Waals surface area contributed by atoms with Gasteiger partial charge in [0.05, 0.1) is 5.92 Å². The van der Waals surface area contributed by atoms with Crippen LogP contribution in [0.2, 0.25) is 0 Å². The topological polar surface area (TPSA) is 70.1 Å². The molecule has 2 aliphatic rings. The van der Waals surface area contributed by atoms with Gasteiger partial charge in [-0.2, -0.15) is 0 Å². The van der Waals surface area contributed by atoms with Crippen molar-refractivity contribution in [3.8, 4) is 0 Å². The smallest absolute Gasteiger partial charge is 0.410 e. The molecule has 126 valence electrons. The summed E-state index contributed by atoms with van der Waals surface area (Å²) in [6, 6.07) is 0.469. The van der Waals surface area contributed by atoms with Crippen molar-refractivity contribution < 1.29 is 19.4 Å². The normalized spacial score (nSPS) is 27.5. The quantitative estimate of drug-likeness (QED) is 0.846. The van der Waals surface area contributed by atoms with Gasteiger partial charge in [-0.1, -0.05) is 0 Å².